The summed E-state index contributed by atoms with van der Waals surface area (Å²) in [5, 5.41) is 0. The van der Waals surface area contributed by atoms with Gasteiger partial charge in [-0.3, -0.25) is 14.4 Å². The molecular weight excluding hydrogens is 262 g/mol. The van der Waals surface area contributed by atoms with Crippen LogP contribution in [0.15, 0.2) is 35.1 Å². The van der Waals surface area contributed by atoms with Gasteiger partial charge in [0.25, 0.3) is 5.56 Å². The number of likely N-dealkylation sites (tertiary alicyclic amines) is 1. The summed E-state index contributed by atoms with van der Waals surface area (Å²) in [4.78, 5) is 15.2. The van der Waals surface area contributed by atoms with Crippen molar-refractivity contribution in [1.82, 2.24) is 14.3 Å². The Kier molecular flexibility index (Phi) is 3.97. The minimum atomic E-state index is 0.117. The summed E-state index contributed by atoms with van der Waals surface area (Å²) in [6.45, 7) is 5.04. The Labute approximate surface area is 125 Å². The van der Waals surface area contributed by atoms with Crippen LogP contribution in [0, 0.1) is 6.92 Å². The van der Waals surface area contributed by atoms with E-state index in [1.54, 1.807) is 4.68 Å². The zero-order chi connectivity index (χ0) is 14.8. The predicted molar refractivity (Wildman–Crippen MR) is 84.9 cm³/mol. The SMILES string of the molecule is Cc1c(CN2CCCCC2)c(=O)n(-c2ccccc2)n1C. The van der Waals surface area contributed by atoms with Gasteiger partial charge in [0.1, 0.15) is 0 Å². The van der Waals surface area contributed by atoms with Gasteiger partial charge in [-0.1, -0.05) is 24.6 Å². The molecule has 0 aliphatic carbocycles. The van der Waals surface area contributed by atoms with Crippen molar-refractivity contribution in [3.8, 4) is 5.69 Å². The summed E-state index contributed by atoms with van der Waals surface area (Å²) >= 11 is 0. The van der Waals surface area contributed by atoms with E-state index >= 15 is 0 Å². The van der Waals surface area contributed by atoms with Crippen molar-refractivity contribution in [2.24, 2.45) is 7.05 Å². The van der Waals surface area contributed by atoms with E-state index in [0.29, 0.717) is 0 Å². The molecule has 4 heteroatoms. The van der Waals surface area contributed by atoms with Gasteiger partial charge >= 0.3 is 0 Å². The molecular formula is C17H23N3O. The molecule has 0 atom stereocenters. The molecule has 1 aromatic heterocycles. The van der Waals surface area contributed by atoms with Crippen LogP contribution in [0.4, 0.5) is 0 Å². The van der Waals surface area contributed by atoms with Crippen LogP contribution in [0.25, 0.3) is 5.69 Å². The molecule has 0 saturated carbocycles. The average Bonchev–Trinajstić information content (AvgIpc) is 2.73. The quantitative estimate of drug-likeness (QED) is 0.867. The second-order valence-electron chi connectivity index (χ2n) is 5.88. The molecule has 0 amide bonds. The summed E-state index contributed by atoms with van der Waals surface area (Å²) in [6.07, 6.45) is 3.82. The largest absolute Gasteiger partial charge is 0.299 e. The lowest BCUT2D eigenvalue weighted by Crippen LogP contribution is -2.31. The second kappa shape index (κ2) is 5.90. The minimum absolute atomic E-state index is 0.117. The fourth-order valence-electron chi connectivity index (χ4n) is 3.15. The first-order valence-electron chi connectivity index (χ1n) is 7.74. The van der Waals surface area contributed by atoms with Gasteiger partial charge in [-0.2, -0.15) is 0 Å². The number of hydrogen-bond acceptors (Lipinski definition) is 2. The maximum atomic E-state index is 12.8. The van der Waals surface area contributed by atoms with Crippen molar-refractivity contribution in [2.75, 3.05) is 13.1 Å². The first kappa shape index (κ1) is 14.1. The zero-order valence-electron chi connectivity index (χ0n) is 12.9. The molecule has 0 N–H and O–H groups in total. The molecule has 112 valence electrons. The van der Waals surface area contributed by atoms with E-state index in [9.17, 15) is 4.79 Å². The molecule has 2 heterocycles. The smallest absolute Gasteiger partial charge is 0.276 e. The predicted octanol–water partition coefficient (Wildman–Crippen LogP) is 2.47. The van der Waals surface area contributed by atoms with E-state index in [1.807, 2.05) is 49.0 Å². The normalized spacial score (nSPS) is 16.3. The van der Waals surface area contributed by atoms with Crippen molar-refractivity contribution in [2.45, 2.75) is 32.7 Å². The highest BCUT2D eigenvalue weighted by Crippen LogP contribution is 2.15. The van der Waals surface area contributed by atoms with Crippen molar-refractivity contribution in [1.29, 1.82) is 0 Å². The first-order valence-corrected chi connectivity index (χ1v) is 7.74. The van der Waals surface area contributed by atoms with E-state index in [1.165, 1.54) is 19.3 Å². The van der Waals surface area contributed by atoms with Crippen molar-refractivity contribution in [3.05, 3.63) is 51.9 Å². The zero-order valence-corrected chi connectivity index (χ0v) is 12.9. The lowest BCUT2D eigenvalue weighted by molar-refractivity contribution is 0.220. The Morgan fingerprint density at radius 3 is 2.38 bits per heavy atom. The standard InChI is InChI=1S/C17H23N3O/c1-14-16(13-19-11-7-4-8-12-19)17(21)20(18(14)2)15-9-5-3-6-10-15/h3,5-6,9-10H,4,7-8,11-13H2,1-2H3. The molecule has 0 unspecified atom stereocenters. The monoisotopic (exact) mass is 285 g/mol. The third kappa shape index (κ3) is 2.68. The fraction of sp³-hybridized carbons (Fsp3) is 0.471. The summed E-state index contributed by atoms with van der Waals surface area (Å²) in [5.74, 6) is 0. The maximum Gasteiger partial charge on any atom is 0.276 e. The van der Waals surface area contributed by atoms with Gasteiger partial charge in [0.05, 0.1) is 11.3 Å². The Morgan fingerprint density at radius 1 is 1.05 bits per heavy atom. The third-order valence-corrected chi connectivity index (χ3v) is 4.50. The lowest BCUT2D eigenvalue weighted by Gasteiger charge is -2.25. The summed E-state index contributed by atoms with van der Waals surface area (Å²) in [5.41, 5.74) is 3.04. The maximum absolute atomic E-state index is 12.8. The number of para-hydroxylation sites is 1. The van der Waals surface area contributed by atoms with Gasteiger partial charge in [-0.05, 0) is 45.0 Å². The number of rotatable bonds is 3. The highest BCUT2D eigenvalue weighted by molar-refractivity contribution is 5.33. The number of benzene rings is 1. The Hall–Kier alpha value is -1.81. The van der Waals surface area contributed by atoms with E-state index in [2.05, 4.69) is 4.90 Å². The van der Waals surface area contributed by atoms with Gasteiger partial charge in [-0.25, -0.2) is 4.68 Å². The second-order valence-corrected chi connectivity index (χ2v) is 5.88. The van der Waals surface area contributed by atoms with Crippen molar-refractivity contribution >= 4 is 0 Å². The molecule has 2 aromatic rings. The molecule has 1 fully saturated rings. The summed E-state index contributed by atoms with van der Waals surface area (Å²) < 4.78 is 3.74. The van der Waals surface area contributed by atoms with Crippen LogP contribution in [0.2, 0.25) is 0 Å². The molecule has 1 aliphatic rings. The van der Waals surface area contributed by atoms with Gasteiger partial charge in [0.2, 0.25) is 0 Å². The van der Waals surface area contributed by atoms with Crippen LogP contribution in [-0.2, 0) is 13.6 Å². The summed E-state index contributed by atoms with van der Waals surface area (Å²) in [7, 11) is 1.96. The number of aromatic nitrogens is 2. The van der Waals surface area contributed by atoms with E-state index in [0.717, 1.165) is 36.6 Å². The van der Waals surface area contributed by atoms with Crippen LogP contribution in [0.1, 0.15) is 30.5 Å². The minimum Gasteiger partial charge on any atom is -0.299 e. The molecule has 0 spiro atoms. The number of hydrogen-bond donors (Lipinski definition) is 0. The lowest BCUT2D eigenvalue weighted by atomic mass is 10.1. The van der Waals surface area contributed by atoms with E-state index in [4.69, 9.17) is 0 Å². The van der Waals surface area contributed by atoms with E-state index < -0.39 is 0 Å². The van der Waals surface area contributed by atoms with Crippen LogP contribution < -0.4 is 5.56 Å². The fourth-order valence-corrected chi connectivity index (χ4v) is 3.15. The van der Waals surface area contributed by atoms with Gasteiger partial charge < -0.3 is 0 Å². The molecule has 0 radical (unpaired) electrons. The molecule has 1 aliphatic heterocycles. The topological polar surface area (TPSA) is 30.2 Å². The Morgan fingerprint density at radius 2 is 1.71 bits per heavy atom. The number of piperidine rings is 1. The molecule has 0 bridgehead atoms. The van der Waals surface area contributed by atoms with Crippen LogP contribution in [-0.4, -0.2) is 27.4 Å². The molecule has 3 rings (SSSR count). The third-order valence-electron chi connectivity index (χ3n) is 4.50. The van der Waals surface area contributed by atoms with Crippen LogP contribution in [0.5, 0.6) is 0 Å². The molecule has 1 aromatic carbocycles. The van der Waals surface area contributed by atoms with Gasteiger partial charge in [0, 0.05) is 19.3 Å². The molecule has 21 heavy (non-hydrogen) atoms. The molecule has 1 saturated heterocycles. The van der Waals surface area contributed by atoms with Crippen molar-refractivity contribution in [3.63, 3.8) is 0 Å². The van der Waals surface area contributed by atoms with Crippen molar-refractivity contribution < 1.29 is 0 Å². The summed E-state index contributed by atoms with van der Waals surface area (Å²) in [6, 6.07) is 9.86. The highest BCUT2D eigenvalue weighted by atomic mass is 16.1. The van der Waals surface area contributed by atoms with Crippen LogP contribution in [0.3, 0.4) is 0 Å². The highest BCUT2D eigenvalue weighted by Gasteiger charge is 2.19. The Balaban J connectivity index is 1.97. The van der Waals surface area contributed by atoms with Gasteiger partial charge in [-0.15, -0.1) is 0 Å². The Bertz CT molecular complexity index is 663. The first-order chi connectivity index (χ1) is 10.2. The molecule has 4 nitrogen and oxygen atoms in total. The van der Waals surface area contributed by atoms with Crippen LogP contribution >= 0.6 is 0 Å². The number of nitrogens with zero attached hydrogens (tertiary/aromatic N) is 3. The van der Waals surface area contributed by atoms with E-state index in [-0.39, 0.29) is 5.56 Å². The average molecular weight is 285 g/mol. The van der Waals surface area contributed by atoms with Gasteiger partial charge in [0.15, 0.2) is 0 Å².